The predicted molar refractivity (Wildman–Crippen MR) is 59.6 cm³/mol. The fourth-order valence-corrected chi connectivity index (χ4v) is 1.46. The van der Waals surface area contributed by atoms with E-state index < -0.39 is 0 Å². The van der Waals surface area contributed by atoms with E-state index in [1.54, 1.807) is 7.11 Å². The summed E-state index contributed by atoms with van der Waals surface area (Å²) in [6, 6.07) is 0. The van der Waals surface area contributed by atoms with Gasteiger partial charge in [0, 0.05) is 32.7 Å². The Morgan fingerprint density at radius 2 is 2.20 bits per heavy atom. The van der Waals surface area contributed by atoms with E-state index in [1.165, 1.54) is 0 Å². The topological polar surface area (TPSA) is 50.4 Å². The number of carbonyl (C=O) groups excluding carboxylic acids is 1. The molecule has 4 heteroatoms. The minimum absolute atomic E-state index is 0.224. The van der Waals surface area contributed by atoms with Gasteiger partial charge >= 0.3 is 0 Å². The average Bonchev–Trinajstić information content (AvgIpc) is 3.00. The molecule has 0 bridgehead atoms. The lowest BCUT2D eigenvalue weighted by atomic mass is 10.2. The van der Waals surface area contributed by atoms with Gasteiger partial charge in [-0.1, -0.05) is 6.92 Å². The Morgan fingerprint density at radius 1 is 1.47 bits per heavy atom. The molecule has 15 heavy (non-hydrogen) atoms. The van der Waals surface area contributed by atoms with E-state index in [0.717, 1.165) is 39.1 Å². The Morgan fingerprint density at radius 3 is 2.80 bits per heavy atom. The molecule has 4 nitrogen and oxygen atoms in total. The van der Waals surface area contributed by atoms with E-state index in [4.69, 9.17) is 4.74 Å². The second kappa shape index (κ2) is 6.80. The summed E-state index contributed by atoms with van der Waals surface area (Å²) in [5.74, 6) is 1.06. The van der Waals surface area contributed by atoms with Gasteiger partial charge in [-0.3, -0.25) is 4.79 Å². The Bertz CT molecular complexity index is 193. The highest BCUT2D eigenvalue weighted by molar-refractivity contribution is 5.80. The second-order valence-electron chi connectivity index (χ2n) is 4.33. The van der Waals surface area contributed by atoms with E-state index in [2.05, 4.69) is 17.6 Å². The minimum atomic E-state index is 0.224. The highest BCUT2D eigenvalue weighted by Crippen LogP contribution is 2.28. The maximum absolute atomic E-state index is 11.2. The van der Waals surface area contributed by atoms with Gasteiger partial charge in [-0.2, -0.15) is 0 Å². The smallest absolute Gasteiger partial charge is 0.223 e. The van der Waals surface area contributed by atoms with Crippen LogP contribution in [0.25, 0.3) is 0 Å². The largest absolute Gasteiger partial charge is 0.384 e. The third-order valence-corrected chi connectivity index (χ3v) is 2.49. The Kier molecular flexibility index (Phi) is 5.65. The Hall–Kier alpha value is -0.610. The highest BCUT2D eigenvalue weighted by Gasteiger charge is 2.28. The zero-order valence-electron chi connectivity index (χ0n) is 9.71. The number of amides is 1. The molecule has 88 valence electrons. The molecule has 0 spiro atoms. The van der Waals surface area contributed by atoms with Gasteiger partial charge in [0.2, 0.25) is 5.91 Å². The van der Waals surface area contributed by atoms with Gasteiger partial charge in [0.25, 0.3) is 0 Å². The summed E-state index contributed by atoms with van der Waals surface area (Å²) < 4.78 is 5.03. The van der Waals surface area contributed by atoms with Crippen molar-refractivity contribution in [2.45, 2.75) is 19.8 Å². The van der Waals surface area contributed by atoms with Crippen molar-refractivity contribution in [2.75, 3.05) is 33.4 Å². The molecule has 0 saturated heterocycles. The number of rotatable bonds is 8. The SMILES string of the molecule is COCC(C)CNCCNC(=O)C1CC1. The van der Waals surface area contributed by atoms with Gasteiger partial charge in [0.05, 0.1) is 0 Å². The molecule has 1 unspecified atom stereocenters. The summed E-state index contributed by atoms with van der Waals surface area (Å²) in [7, 11) is 1.71. The van der Waals surface area contributed by atoms with Crippen molar-refractivity contribution in [3.05, 3.63) is 0 Å². The van der Waals surface area contributed by atoms with Gasteiger partial charge < -0.3 is 15.4 Å². The van der Waals surface area contributed by atoms with Crippen LogP contribution in [0.1, 0.15) is 19.8 Å². The molecule has 1 rings (SSSR count). The van der Waals surface area contributed by atoms with Crippen molar-refractivity contribution in [3.63, 3.8) is 0 Å². The van der Waals surface area contributed by atoms with Crippen LogP contribution in [-0.4, -0.2) is 39.3 Å². The van der Waals surface area contributed by atoms with E-state index >= 15 is 0 Å². The van der Waals surface area contributed by atoms with Crippen LogP contribution in [-0.2, 0) is 9.53 Å². The van der Waals surface area contributed by atoms with Crippen molar-refractivity contribution in [1.82, 2.24) is 10.6 Å². The van der Waals surface area contributed by atoms with E-state index in [0.29, 0.717) is 11.8 Å². The second-order valence-corrected chi connectivity index (χ2v) is 4.33. The Balaban J connectivity index is 1.85. The molecule has 0 aromatic carbocycles. The third-order valence-electron chi connectivity index (χ3n) is 2.49. The zero-order chi connectivity index (χ0) is 11.1. The summed E-state index contributed by atoms with van der Waals surface area (Å²) >= 11 is 0. The molecule has 1 atom stereocenters. The van der Waals surface area contributed by atoms with Crippen LogP contribution in [0.15, 0.2) is 0 Å². The first-order valence-electron chi connectivity index (χ1n) is 5.71. The molecule has 1 aliphatic carbocycles. The summed E-state index contributed by atoms with van der Waals surface area (Å²) in [4.78, 5) is 11.2. The predicted octanol–water partition coefficient (Wildman–Crippen LogP) is 0.385. The molecule has 0 radical (unpaired) electrons. The van der Waals surface area contributed by atoms with Gasteiger partial charge in [-0.15, -0.1) is 0 Å². The Labute approximate surface area is 91.8 Å². The van der Waals surface area contributed by atoms with E-state index in [-0.39, 0.29) is 5.91 Å². The quantitative estimate of drug-likeness (QED) is 0.575. The minimum Gasteiger partial charge on any atom is -0.384 e. The maximum atomic E-state index is 11.2. The fourth-order valence-electron chi connectivity index (χ4n) is 1.46. The van der Waals surface area contributed by atoms with Crippen LogP contribution in [0, 0.1) is 11.8 Å². The molecule has 1 saturated carbocycles. The van der Waals surface area contributed by atoms with Crippen LogP contribution in [0.2, 0.25) is 0 Å². The van der Waals surface area contributed by atoms with E-state index in [9.17, 15) is 4.79 Å². The van der Waals surface area contributed by atoms with Crippen molar-refractivity contribution in [2.24, 2.45) is 11.8 Å². The molecule has 1 aliphatic rings. The monoisotopic (exact) mass is 214 g/mol. The highest BCUT2D eigenvalue weighted by atomic mass is 16.5. The molecule has 0 heterocycles. The number of nitrogens with one attached hydrogen (secondary N) is 2. The molecule has 1 fully saturated rings. The van der Waals surface area contributed by atoms with Crippen LogP contribution in [0.5, 0.6) is 0 Å². The zero-order valence-corrected chi connectivity index (χ0v) is 9.71. The first-order chi connectivity index (χ1) is 7.24. The van der Waals surface area contributed by atoms with Gasteiger partial charge in [0.1, 0.15) is 0 Å². The lowest BCUT2D eigenvalue weighted by molar-refractivity contribution is -0.122. The summed E-state index contributed by atoms with van der Waals surface area (Å²) in [6.07, 6.45) is 2.15. The van der Waals surface area contributed by atoms with Gasteiger partial charge in [-0.05, 0) is 25.3 Å². The molecular weight excluding hydrogens is 192 g/mol. The average molecular weight is 214 g/mol. The molecule has 2 N–H and O–H groups in total. The number of hydrogen-bond acceptors (Lipinski definition) is 3. The summed E-state index contributed by atoms with van der Waals surface area (Å²) in [6.45, 7) is 5.43. The number of hydrogen-bond donors (Lipinski definition) is 2. The van der Waals surface area contributed by atoms with Crippen LogP contribution >= 0.6 is 0 Å². The van der Waals surface area contributed by atoms with Crippen LogP contribution in [0.4, 0.5) is 0 Å². The molecule has 0 aromatic heterocycles. The summed E-state index contributed by atoms with van der Waals surface area (Å²) in [5, 5.41) is 6.21. The lowest BCUT2D eigenvalue weighted by Crippen LogP contribution is -2.34. The third kappa shape index (κ3) is 5.74. The number of methoxy groups -OCH3 is 1. The van der Waals surface area contributed by atoms with Crippen molar-refractivity contribution < 1.29 is 9.53 Å². The van der Waals surface area contributed by atoms with Gasteiger partial charge in [0.15, 0.2) is 0 Å². The van der Waals surface area contributed by atoms with Crippen LogP contribution in [0.3, 0.4) is 0 Å². The number of ether oxygens (including phenoxy) is 1. The van der Waals surface area contributed by atoms with Crippen molar-refractivity contribution >= 4 is 5.91 Å². The molecule has 0 aliphatic heterocycles. The molecular formula is C11H22N2O2. The molecule has 0 aromatic rings. The lowest BCUT2D eigenvalue weighted by Gasteiger charge is -2.11. The maximum Gasteiger partial charge on any atom is 0.223 e. The molecule has 1 amide bonds. The summed E-state index contributed by atoms with van der Waals surface area (Å²) in [5.41, 5.74) is 0. The van der Waals surface area contributed by atoms with Crippen LogP contribution < -0.4 is 10.6 Å². The normalized spacial score (nSPS) is 17.5. The van der Waals surface area contributed by atoms with Crippen molar-refractivity contribution in [3.8, 4) is 0 Å². The fraction of sp³-hybridized carbons (Fsp3) is 0.909. The number of carbonyl (C=O) groups is 1. The van der Waals surface area contributed by atoms with E-state index in [1.807, 2.05) is 0 Å². The standard InChI is InChI=1S/C11H22N2O2/c1-9(8-15-2)7-12-5-6-13-11(14)10-3-4-10/h9-10,12H,3-8H2,1-2H3,(H,13,14). The van der Waals surface area contributed by atoms with Gasteiger partial charge in [-0.25, -0.2) is 0 Å². The first-order valence-corrected chi connectivity index (χ1v) is 5.71. The van der Waals surface area contributed by atoms with Crippen molar-refractivity contribution in [1.29, 1.82) is 0 Å². The first kappa shape index (κ1) is 12.5.